The third-order valence-corrected chi connectivity index (χ3v) is 5.03. The number of hydrogen-bond donors (Lipinski definition) is 1. The lowest BCUT2D eigenvalue weighted by Gasteiger charge is -2.34. The van der Waals surface area contributed by atoms with Crippen LogP contribution < -0.4 is 10.2 Å². The minimum Gasteiger partial charge on any atom is -0.375 e. The second-order valence-electron chi connectivity index (χ2n) is 6.77. The fraction of sp³-hybridized carbons (Fsp3) is 0.444. The number of hydrogen-bond acceptors (Lipinski definition) is 6. The number of piperidine rings is 1. The maximum Gasteiger partial charge on any atom is 0.264 e. The van der Waals surface area contributed by atoms with E-state index in [1.807, 2.05) is 17.9 Å². The van der Waals surface area contributed by atoms with Crippen LogP contribution in [-0.2, 0) is 14.3 Å². The Kier molecular flexibility index (Phi) is 3.99. The van der Waals surface area contributed by atoms with Gasteiger partial charge < -0.3 is 9.64 Å². The zero-order valence-corrected chi connectivity index (χ0v) is 14.4. The summed E-state index contributed by atoms with van der Waals surface area (Å²) in [5.41, 5.74) is 1.32. The topological polar surface area (TPSA) is 96.0 Å². The van der Waals surface area contributed by atoms with Gasteiger partial charge in [-0.2, -0.15) is 0 Å². The lowest BCUT2D eigenvalue weighted by atomic mass is 10.0. The molecular formula is C18H19N3O5. The van der Waals surface area contributed by atoms with E-state index in [0.29, 0.717) is 36.5 Å². The van der Waals surface area contributed by atoms with Crippen molar-refractivity contribution in [1.29, 1.82) is 0 Å². The van der Waals surface area contributed by atoms with Crippen LogP contribution in [0.1, 0.15) is 40.5 Å². The zero-order chi connectivity index (χ0) is 18.4. The monoisotopic (exact) mass is 357 g/mol. The van der Waals surface area contributed by atoms with E-state index in [1.165, 1.54) is 0 Å². The van der Waals surface area contributed by atoms with Gasteiger partial charge in [0.2, 0.25) is 11.8 Å². The molecule has 1 N–H and O–H groups in total. The van der Waals surface area contributed by atoms with Gasteiger partial charge in [-0.1, -0.05) is 6.07 Å². The molecular weight excluding hydrogens is 338 g/mol. The van der Waals surface area contributed by atoms with E-state index in [1.54, 1.807) is 12.1 Å². The highest BCUT2D eigenvalue weighted by atomic mass is 16.5. The predicted octanol–water partition coefficient (Wildman–Crippen LogP) is 0.313. The molecule has 0 aromatic heterocycles. The maximum absolute atomic E-state index is 13.1. The van der Waals surface area contributed by atoms with E-state index < -0.39 is 23.8 Å². The molecule has 3 aliphatic heterocycles. The molecule has 4 rings (SSSR count). The lowest BCUT2D eigenvalue weighted by Crippen LogP contribution is -2.54. The van der Waals surface area contributed by atoms with Gasteiger partial charge in [0.15, 0.2) is 0 Å². The quantitative estimate of drug-likeness (QED) is 0.766. The number of anilines is 1. The Morgan fingerprint density at radius 2 is 1.96 bits per heavy atom. The van der Waals surface area contributed by atoms with Crippen LogP contribution in [0.4, 0.5) is 5.69 Å². The molecule has 3 heterocycles. The second-order valence-corrected chi connectivity index (χ2v) is 6.77. The molecule has 0 saturated carbocycles. The first-order valence-electron chi connectivity index (χ1n) is 8.68. The molecule has 2 fully saturated rings. The van der Waals surface area contributed by atoms with E-state index in [-0.39, 0.29) is 24.9 Å². The molecule has 8 nitrogen and oxygen atoms in total. The van der Waals surface area contributed by atoms with Crippen molar-refractivity contribution in [3.8, 4) is 0 Å². The van der Waals surface area contributed by atoms with Crippen LogP contribution in [-0.4, -0.2) is 60.4 Å². The molecule has 8 heteroatoms. The number of fused-ring (bicyclic) bond motifs is 1. The summed E-state index contributed by atoms with van der Waals surface area (Å²) in [7, 11) is 0. The van der Waals surface area contributed by atoms with Crippen molar-refractivity contribution in [2.75, 3.05) is 24.6 Å². The average molecular weight is 357 g/mol. The Hall–Kier alpha value is -2.74. The molecule has 2 atom stereocenters. The van der Waals surface area contributed by atoms with Crippen molar-refractivity contribution in [2.24, 2.45) is 0 Å². The van der Waals surface area contributed by atoms with Gasteiger partial charge in [-0.25, -0.2) is 0 Å². The predicted molar refractivity (Wildman–Crippen MR) is 90.7 cm³/mol. The number of nitrogens with one attached hydrogen (secondary N) is 1. The maximum atomic E-state index is 13.1. The van der Waals surface area contributed by atoms with Gasteiger partial charge in [0.05, 0.1) is 29.5 Å². The highest BCUT2D eigenvalue weighted by Crippen LogP contribution is 2.34. The molecule has 0 bridgehead atoms. The Balaban J connectivity index is 1.69. The first-order chi connectivity index (χ1) is 12.5. The normalized spacial score (nSPS) is 26.2. The van der Waals surface area contributed by atoms with Gasteiger partial charge in [0.1, 0.15) is 6.04 Å². The van der Waals surface area contributed by atoms with E-state index in [4.69, 9.17) is 4.74 Å². The number of benzene rings is 1. The zero-order valence-electron chi connectivity index (χ0n) is 14.4. The number of carbonyl (C=O) groups excluding carboxylic acids is 4. The summed E-state index contributed by atoms with van der Waals surface area (Å²) in [6.45, 7) is 3.75. The number of rotatable bonds is 2. The van der Waals surface area contributed by atoms with Gasteiger partial charge in [-0.15, -0.1) is 0 Å². The van der Waals surface area contributed by atoms with Gasteiger partial charge in [-0.05, 0) is 25.5 Å². The van der Waals surface area contributed by atoms with Crippen LogP contribution in [0.3, 0.4) is 0 Å². The number of morpholine rings is 1. The van der Waals surface area contributed by atoms with Gasteiger partial charge >= 0.3 is 0 Å². The van der Waals surface area contributed by atoms with Crippen LogP contribution >= 0.6 is 0 Å². The second kappa shape index (κ2) is 6.21. The van der Waals surface area contributed by atoms with Crippen LogP contribution in [0, 0.1) is 0 Å². The van der Waals surface area contributed by atoms with Crippen LogP contribution in [0.25, 0.3) is 0 Å². The van der Waals surface area contributed by atoms with Crippen molar-refractivity contribution in [1.82, 2.24) is 10.2 Å². The molecule has 1 aromatic carbocycles. The molecule has 0 radical (unpaired) electrons. The highest BCUT2D eigenvalue weighted by molar-refractivity contribution is 6.25. The molecule has 4 amide bonds. The summed E-state index contributed by atoms with van der Waals surface area (Å²) in [6.07, 6.45) is 0.288. The third-order valence-electron chi connectivity index (χ3n) is 5.03. The number of imide groups is 2. The van der Waals surface area contributed by atoms with E-state index in [9.17, 15) is 19.2 Å². The van der Waals surface area contributed by atoms with Crippen LogP contribution in [0.5, 0.6) is 0 Å². The highest BCUT2D eigenvalue weighted by Gasteiger charge is 2.46. The van der Waals surface area contributed by atoms with Crippen molar-refractivity contribution in [3.63, 3.8) is 0 Å². The minimum absolute atomic E-state index is 0.0260. The Bertz CT molecular complexity index is 821. The molecule has 1 aromatic rings. The van der Waals surface area contributed by atoms with Crippen LogP contribution in [0.2, 0.25) is 0 Å². The van der Waals surface area contributed by atoms with E-state index in [2.05, 4.69) is 5.32 Å². The molecule has 3 aliphatic rings. The van der Waals surface area contributed by atoms with Crippen molar-refractivity contribution in [2.45, 2.75) is 31.9 Å². The lowest BCUT2D eigenvalue weighted by molar-refractivity contribution is -0.136. The number of ether oxygens (including phenoxy) is 1. The van der Waals surface area contributed by atoms with Crippen molar-refractivity contribution in [3.05, 3.63) is 29.3 Å². The third kappa shape index (κ3) is 2.57. The van der Waals surface area contributed by atoms with Gasteiger partial charge in [-0.3, -0.25) is 29.4 Å². The van der Waals surface area contributed by atoms with Crippen molar-refractivity contribution < 1.29 is 23.9 Å². The van der Waals surface area contributed by atoms with Gasteiger partial charge in [0.25, 0.3) is 11.8 Å². The SMILES string of the molecule is CC1CN(c2cccc3c2C(=O)N(C2CCC(=O)NC2=O)C3=O)CCO1. The first-order valence-corrected chi connectivity index (χ1v) is 8.68. The average Bonchev–Trinajstić information content (AvgIpc) is 2.87. The number of nitrogens with zero attached hydrogens (tertiary/aromatic N) is 2. The molecule has 2 unspecified atom stereocenters. The summed E-state index contributed by atoms with van der Waals surface area (Å²) >= 11 is 0. The Labute approximate surface area is 150 Å². The summed E-state index contributed by atoms with van der Waals surface area (Å²) in [5.74, 6) is -1.94. The van der Waals surface area contributed by atoms with Crippen molar-refractivity contribution >= 4 is 29.3 Å². The standard InChI is InChI=1S/C18H19N3O5/c1-10-9-20(7-8-26-10)12-4-2-3-11-15(12)18(25)21(17(11)24)13-5-6-14(22)19-16(13)23/h2-4,10,13H,5-9H2,1H3,(H,19,22,23). The fourth-order valence-electron chi connectivity index (χ4n) is 3.80. The van der Waals surface area contributed by atoms with E-state index >= 15 is 0 Å². The summed E-state index contributed by atoms with van der Waals surface area (Å²) < 4.78 is 5.55. The van der Waals surface area contributed by atoms with Crippen LogP contribution in [0.15, 0.2) is 18.2 Å². The molecule has 136 valence electrons. The number of amides is 4. The minimum atomic E-state index is -0.948. The first kappa shape index (κ1) is 16.7. The largest absolute Gasteiger partial charge is 0.375 e. The molecule has 0 spiro atoms. The summed E-state index contributed by atoms with van der Waals surface area (Å²) in [4.78, 5) is 52.5. The van der Waals surface area contributed by atoms with Gasteiger partial charge in [0, 0.05) is 19.5 Å². The molecule has 26 heavy (non-hydrogen) atoms. The fourth-order valence-corrected chi connectivity index (χ4v) is 3.80. The summed E-state index contributed by atoms with van der Waals surface area (Å²) in [5, 5.41) is 2.21. The molecule has 2 saturated heterocycles. The smallest absolute Gasteiger partial charge is 0.264 e. The Morgan fingerprint density at radius 3 is 2.69 bits per heavy atom. The molecule has 0 aliphatic carbocycles. The summed E-state index contributed by atoms with van der Waals surface area (Å²) in [6, 6.07) is 4.22. The van der Waals surface area contributed by atoms with E-state index in [0.717, 1.165) is 4.90 Å². The Morgan fingerprint density at radius 1 is 1.15 bits per heavy atom. The number of carbonyl (C=O) groups is 4.